The number of aliphatic carboxylic acids is 1. The smallest absolute Gasteiger partial charge is 0.303 e. The topological polar surface area (TPSA) is 89.9 Å². The van der Waals surface area contributed by atoms with Crippen LogP contribution in [0.25, 0.3) is 0 Å². The summed E-state index contributed by atoms with van der Waals surface area (Å²) < 4.78 is 11.2. The largest absolute Gasteiger partial charge is 0.481 e. The molecule has 32 heavy (non-hydrogen) atoms. The number of hydrogen-bond acceptors (Lipinski definition) is 5. The number of carboxylic acids is 1. The molecule has 4 saturated carbocycles. The van der Waals surface area contributed by atoms with Gasteiger partial charge in [0.05, 0.1) is 0 Å². The number of carbonyl (C=O) groups is 3. The molecule has 6 heteroatoms. The molecule has 0 bridgehead atoms. The van der Waals surface area contributed by atoms with Crippen molar-refractivity contribution in [3.63, 3.8) is 0 Å². The molecule has 0 radical (unpaired) electrons. The fourth-order valence-electron chi connectivity index (χ4n) is 9.14. The zero-order valence-electron chi connectivity index (χ0n) is 19.8. The van der Waals surface area contributed by atoms with E-state index in [4.69, 9.17) is 9.47 Å². The summed E-state index contributed by atoms with van der Waals surface area (Å²) in [5.74, 6) is 2.18. The van der Waals surface area contributed by atoms with E-state index in [1.807, 2.05) is 0 Å². The first-order chi connectivity index (χ1) is 15.3. The van der Waals surface area contributed by atoms with Crippen LogP contribution < -0.4 is 0 Å². The van der Waals surface area contributed by atoms with E-state index in [0.29, 0.717) is 54.9 Å². The zero-order chi connectivity index (χ0) is 23.1. The Morgan fingerprint density at radius 3 is 2.47 bits per heavy atom. The third kappa shape index (κ3) is 3.75. The molecule has 0 aliphatic heterocycles. The normalized spacial score (nSPS) is 46.2. The number of carboxylic acid groups (broad SMARTS) is 1. The molecule has 180 valence electrons. The molecule has 0 saturated heterocycles. The predicted molar refractivity (Wildman–Crippen MR) is 119 cm³/mol. The summed E-state index contributed by atoms with van der Waals surface area (Å²) >= 11 is 0. The highest BCUT2D eigenvalue weighted by Gasteiger charge is 2.64. The van der Waals surface area contributed by atoms with Crippen LogP contribution in [0.5, 0.6) is 0 Å². The van der Waals surface area contributed by atoms with E-state index in [9.17, 15) is 19.5 Å². The van der Waals surface area contributed by atoms with Gasteiger partial charge in [0.25, 0.3) is 12.9 Å². The van der Waals surface area contributed by atoms with Crippen molar-refractivity contribution in [1.82, 2.24) is 0 Å². The van der Waals surface area contributed by atoms with Crippen molar-refractivity contribution in [3.05, 3.63) is 0 Å². The Labute approximate surface area is 191 Å². The standard InChI is InChI=1S/C26H40O6/c1-16(4-9-24(29)30)20-7-8-21-19-6-5-17-12-18(31-14-27)10-11-25(17,2)22(19)13-23(32-15-28)26(20,21)3/h14-23H,4-13H2,1-3H3,(H,29,30)/t16-,17?,18?,19+,20-,21+,22+,23?,25+,26-/m1/s1. The number of rotatable bonds is 8. The molecule has 6 nitrogen and oxygen atoms in total. The number of carbonyl (C=O) groups excluding carboxylic acids is 2. The lowest BCUT2D eigenvalue weighted by Gasteiger charge is -2.62. The Morgan fingerprint density at radius 2 is 1.78 bits per heavy atom. The molecule has 4 fully saturated rings. The van der Waals surface area contributed by atoms with Gasteiger partial charge < -0.3 is 14.6 Å². The average Bonchev–Trinajstić information content (AvgIpc) is 3.11. The van der Waals surface area contributed by atoms with Crippen LogP contribution in [0.2, 0.25) is 0 Å². The minimum absolute atomic E-state index is 0.0453. The van der Waals surface area contributed by atoms with Gasteiger partial charge in [-0.25, -0.2) is 0 Å². The third-order valence-electron chi connectivity index (χ3n) is 10.7. The number of hydrogen-bond donors (Lipinski definition) is 1. The second-order valence-corrected chi connectivity index (χ2v) is 11.7. The lowest BCUT2D eigenvalue weighted by molar-refractivity contribution is -0.190. The van der Waals surface area contributed by atoms with E-state index in [1.54, 1.807) is 0 Å². The molecule has 0 spiro atoms. The van der Waals surface area contributed by atoms with Crippen LogP contribution in [-0.2, 0) is 23.9 Å². The fraction of sp³-hybridized carbons (Fsp3) is 0.885. The quantitative estimate of drug-likeness (QED) is 0.535. The van der Waals surface area contributed by atoms with Gasteiger partial charge in [-0.3, -0.25) is 14.4 Å². The van der Waals surface area contributed by atoms with Gasteiger partial charge in [-0.05, 0) is 98.7 Å². The first-order valence-electron chi connectivity index (χ1n) is 12.7. The van der Waals surface area contributed by atoms with Crippen molar-refractivity contribution in [2.75, 3.05) is 0 Å². The summed E-state index contributed by atoms with van der Waals surface area (Å²) in [7, 11) is 0. The zero-order valence-corrected chi connectivity index (χ0v) is 19.8. The fourth-order valence-corrected chi connectivity index (χ4v) is 9.14. The Balaban J connectivity index is 1.59. The first-order valence-corrected chi connectivity index (χ1v) is 12.7. The summed E-state index contributed by atoms with van der Waals surface area (Å²) in [6, 6.07) is 0. The Hall–Kier alpha value is -1.59. The molecular weight excluding hydrogens is 408 g/mol. The van der Waals surface area contributed by atoms with Gasteiger partial charge in [-0.15, -0.1) is 0 Å². The Morgan fingerprint density at radius 1 is 1.03 bits per heavy atom. The van der Waals surface area contributed by atoms with E-state index in [0.717, 1.165) is 38.5 Å². The maximum Gasteiger partial charge on any atom is 0.303 e. The van der Waals surface area contributed by atoms with Crippen LogP contribution in [0, 0.1) is 46.3 Å². The molecule has 3 unspecified atom stereocenters. The van der Waals surface area contributed by atoms with Crippen molar-refractivity contribution >= 4 is 18.9 Å². The predicted octanol–water partition coefficient (Wildman–Crippen LogP) is 4.84. The molecule has 4 rings (SSSR count). The molecule has 4 aliphatic carbocycles. The van der Waals surface area contributed by atoms with E-state index >= 15 is 0 Å². The van der Waals surface area contributed by atoms with Crippen molar-refractivity contribution < 1.29 is 29.0 Å². The van der Waals surface area contributed by atoms with Gasteiger partial charge in [0.15, 0.2) is 0 Å². The molecule has 0 heterocycles. The van der Waals surface area contributed by atoms with Gasteiger partial charge in [0.2, 0.25) is 0 Å². The minimum Gasteiger partial charge on any atom is -0.481 e. The van der Waals surface area contributed by atoms with Crippen molar-refractivity contribution in [2.45, 2.75) is 97.2 Å². The van der Waals surface area contributed by atoms with Gasteiger partial charge >= 0.3 is 5.97 Å². The SMILES string of the molecule is C[C@H](CCC(=O)O)[C@H]1CC[C@H]2[C@@H]3CCC4CC(OC=O)CC[C@]4(C)[C@H]3CC(OC=O)[C@]12C. The van der Waals surface area contributed by atoms with Crippen LogP contribution in [0.1, 0.15) is 85.0 Å². The van der Waals surface area contributed by atoms with Gasteiger partial charge in [-0.1, -0.05) is 20.8 Å². The van der Waals surface area contributed by atoms with Crippen LogP contribution in [-0.4, -0.2) is 36.2 Å². The molecule has 0 aromatic heterocycles. The van der Waals surface area contributed by atoms with Crippen molar-refractivity contribution in [3.8, 4) is 0 Å². The number of fused-ring (bicyclic) bond motifs is 5. The molecule has 1 N–H and O–H groups in total. The summed E-state index contributed by atoms with van der Waals surface area (Å²) in [6.45, 7) is 8.21. The van der Waals surface area contributed by atoms with Crippen LogP contribution in [0.3, 0.4) is 0 Å². The van der Waals surface area contributed by atoms with Gasteiger partial charge in [0, 0.05) is 11.8 Å². The average molecular weight is 449 g/mol. The van der Waals surface area contributed by atoms with Crippen molar-refractivity contribution in [2.24, 2.45) is 46.3 Å². The van der Waals surface area contributed by atoms with Crippen LogP contribution in [0.4, 0.5) is 0 Å². The molecule has 4 aliphatic rings. The summed E-state index contributed by atoms with van der Waals surface area (Å²) in [6.07, 6.45) is 9.29. The van der Waals surface area contributed by atoms with Crippen LogP contribution in [0.15, 0.2) is 0 Å². The van der Waals surface area contributed by atoms with E-state index in [2.05, 4.69) is 20.8 Å². The molecule has 10 atom stereocenters. The molecule has 0 aromatic carbocycles. The molecular formula is C26H40O6. The van der Waals surface area contributed by atoms with E-state index in [1.165, 1.54) is 12.8 Å². The highest BCUT2D eigenvalue weighted by Crippen LogP contribution is 2.68. The van der Waals surface area contributed by atoms with E-state index in [-0.39, 0.29) is 29.5 Å². The van der Waals surface area contributed by atoms with Crippen LogP contribution >= 0.6 is 0 Å². The number of ether oxygens (including phenoxy) is 2. The Kier molecular flexibility index (Phi) is 6.61. The second-order valence-electron chi connectivity index (χ2n) is 11.7. The lowest BCUT2D eigenvalue weighted by atomic mass is 9.43. The van der Waals surface area contributed by atoms with Gasteiger partial charge in [-0.2, -0.15) is 0 Å². The first kappa shape index (κ1) is 23.6. The maximum atomic E-state index is 11.6. The third-order valence-corrected chi connectivity index (χ3v) is 10.7. The van der Waals surface area contributed by atoms with Gasteiger partial charge in [0.1, 0.15) is 12.2 Å². The molecule has 0 aromatic rings. The summed E-state index contributed by atoms with van der Waals surface area (Å²) in [5.41, 5.74) is 0.117. The lowest BCUT2D eigenvalue weighted by Crippen LogP contribution is -2.59. The summed E-state index contributed by atoms with van der Waals surface area (Å²) in [5, 5.41) is 9.18. The second kappa shape index (κ2) is 8.98. The minimum atomic E-state index is -0.735. The maximum absolute atomic E-state index is 11.6. The molecule has 0 amide bonds. The van der Waals surface area contributed by atoms with Crippen molar-refractivity contribution in [1.29, 1.82) is 0 Å². The Bertz CT molecular complexity index is 723. The van der Waals surface area contributed by atoms with E-state index < -0.39 is 5.97 Å². The monoisotopic (exact) mass is 448 g/mol. The highest BCUT2D eigenvalue weighted by molar-refractivity contribution is 5.66. The highest BCUT2D eigenvalue weighted by atomic mass is 16.5. The summed E-state index contributed by atoms with van der Waals surface area (Å²) in [4.78, 5) is 33.6.